The van der Waals surface area contributed by atoms with E-state index in [9.17, 15) is 19.2 Å². The predicted molar refractivity (Wildman–Crippen MR) is 141 cm³/mol. The second-order valence-electron chi connectivity index (χ2n) is 10.1. The first-order chi connectivity index (χ1) is 17.8. The molecule has 0 bridgehead atoms. The lowest BCUT2D eigenvalue weighted by Crippen LogP contribution is -2.68. The van der Waals surface area contributed by atoms with Crippen LogP contribution >= 0.6 is 0 Å². The maximum Gasteiger partial charge on any atom is 0.332 e. The number of urea groups is 1. The van der Waals surface area contributed by atoms with Crippen molar-refractivity contribution in [3.8, 4) is 0 Å². The van der Waals surface area contributed by atoms with Crippen molar-refractivity contribution in [2.45, 2.75) is 24.7 Å². The fourth-order valence-corrected chi connectivity index (χ4v) is 6.36. The van der Waals surface area contributed by atoms with Gasteiger partial charge in [0.1, 0.15) is 11.2 Å². The zero-order valence-electron chi connectivity index (χ0n) is 20.7. The molecule has 0 unspecified atom stereocenters. The summed E-state index contributed by atoms with van der Waals surface area (Å²) in [4.78, 5) is 56.6. The minimum Gasteiger partial charge on any atom is -0.300 e. The van der Waals surface area contributed by atoms with Gasteiger partial charge in [0, 0.05) is 38.8 Å². The van der Waals surface area contributed by atoms with Crippen molar-refractivity contribution in [1.29, 1.82) is 0 Å². The molecule has 0 radical (unpaired) electrons. The Morgan fingerprint density at radius 2 is 1.00 bits per heavy atom. The highest BCUT2D eigenvalue weighted by molar-refractivity contribution is 6.21. The molecule has 37 heavy (non-hydrogen) atoms. The highest BCUT2D eigenvalue weighted by atomic mass is 16.2. The van der Waals surface area contributed by atoms with Gasteiger partial charge in [-0.2, -0.15) is 0 Å². The predicted octanol–water partition coefficient (Wildman–Crippen LogP) is 5.26. The third-order valence-electron chi connectivity index (χ3n) is 8.21. The smallest absolute Gasteiger partial charge is 0.300 e. The van der Waals surface area contributed by atoms with Crippen molar-refractivity contribution in [1.82, 2.24) is 9.80 Å². The van der Waals surface area contributed by atoms with Gasteiger partial charge in [0.15, 0.2) is 0 Å². The summed E-state index contributed by atoms with van der Waals surface area (Å²) in [6.45, 7) is 0. The molecule has 2 atom stereocenters. The van der Waals surface area contributed by atoms with Gasteiger partial charge in [-0.05, 0) is 32.7 Å². The van der Waals surface area contributed by atoms with E-state index in [0.29, 0.717) is 0 Å². The van der Waals surface area contributed by atoms with Gasteiger partial charge in [0.25, 0.3) is 0 Å². The van der Waals surface area contributed by atoms with E-state index in [1.807, 2.05) is 84.9 Å². The summed E-state index contributed by atoms with van der Waals surface area (Å²) in [5.74, 6) is -2.54. The molecule has 6 nitrogen and oxygen atoms in total. The van der Waals surface area contributed by atoms with Gasteiger partial charge >= 0.3 is 6.03 Å². The summed E-state index contributed by atoms with van der Waals surface area (Å²) in [7, 11) is 2.83. The Bertz CT molecular complexity index is 1510. The molecule has 6 rings (SSSR count). The lowest BCUT2D eigenvalue weighted by Gasteiger charge is -2.51. The SMILES string of the molecule is CN1C(=O)N(C)C(=O)C2(C1=O)[C@@H](c1ccc3ccccc3c1)CC(=O)C[C@H]2c1ccc2ccccc2c1. The number of hydrogen-bond acceptors (Lipinski definition) is 4. The van der Waals surface area contributed by atoms with E-state index in [2.05, 4.69) is 0 Å². The van der Waals surface area contributed by atoms with E-state index in [0.717, 1.165) is 42.5 Å². The Labute approximate surface area is 214 Å². The van der Waals surface area contributed by atoms with Crippen molar-refractivity contribution < 1.29 is 19.2 Å². The fourth-order valence-electron chi connectivity index (χ4n) is 6.36. The Kier molecular flexibility index (Phi) is 5.23. The van der Waals surface area contributed by atoms with Gasteiger partial charge in [0.05, 0.1) is 0 Å². The number of rotatable bonds is 2. The second kappa shape index (κ2) is 8.37. The molecule has 1 aliphatic carbocycles. The number of hydrogen-bond donors (Lipinski definition) is 0. The first-order valence-corrected chi connectivity index (χ1v) is 12.4. The van der Waals surface area contributed by atoms with E-state index >= 15 is 0 Å². The highest BCUT2D eigenvalue weighted by Crippen LogP contribution is 2.57. The lowest BCUT2D eigenvalue weighted by atomic mass is 9.54. The van der Waals surface area contributed by atoms with Crippen LogP contribution in [0.1, 0.15) is 35.8 Å². The number of barbiturate groups is 1. The van der Waals surface area contributed by atoms with Gasteiger partial charge < -0.3 is 0 Å². The molecule has 2 fully saturated rings. The highest BCUT2D eigenvalue weighted by Gasteiger charge is 2.66. The Hall–Kier alpha value is -4.32. The molecule has 1 saturated heterocycles. The molecule has 2 aliphatic rings. The largest absolute Gasteiger partial charge is 0.332 e. The number of ketones is 1. The summed E-state index contributed by atoms with van der Waals surface area (Å²) in [5.41, 5.74) is -0.137. The summed E-state index contributed by atoms with van der Waals surface area (Å²) >= 11 is 0. The van der Waals surface area contributed by atoms with Crippen LogP contribution in [0.3, 0.4) is 0 Å². The van der Waals surface area contributed by atoms with Crippen LogP contribution in [0.15, 0.2) is 84.9 Å². The first-order valence-electron chi connectivity index (χ1n) is 12.4. The van der Waals surface area contributed by atoms with Crippen LogP contribution in [-0.4, -0.2) is 47.5 Å². The Morgan fingerprint density at radius 1 is 0.595 bits per heavy atom. The zero-order valence-corrected chi connectivity index (χ0v) is 20.7. The van der Waals surface area contributed by atoms with Gasteiger partial charge in [0.2, 0.25) is 11.8 Å². The van der Waals surface area contributed by atoms with Crippen molar-refractivity contribution in [2.75, 3.05) is 14.1 Å². The number of benzene rings is 4. The third kappa shape index (κ3) is 3.32. The molecular formula is C31H26N2O4. The number of nitrogens with zero attached hydrogens (tertiary/aromatic N) is 2. The summed E-state index contributed by atoms with van der Waals surface area (Å²) in [5, 5.41) is 3.98. The lowest BCUT2D eigenvalue weighted by molar-refractivity contribution is -0.163. The van der Waals surface area contributed by atoms with Crippen LogP contribution in [0.4, 0.5) is 4.79 Å². The van der Waals surface area contributed by atoms with Crippen LogP contribution in [0.5, 0.6) is 0 Å². The molecule has 1 saturated carbocycles. The molecular weight excluding hydrogens is 464 g/mol. The molecule has 4 aromatic carbocycles. The Balaban J connectivity index is 1.62. The van der Waals surface area contributed by atoms with E-state index in [-0.39, 0.29) is 18.6 Å². The molecule has 0 aromatic heterocycles. The zero-order chi connectivity index (χ0) is 25.9. The number of fused-ring (bicyclic) bond motifs is 2. The molecule has 1 aliphatic heterocycles. The summed E-state index contributed by atoms with van der Waals surface area (Å²) in [6.07, 6.45) is 0.103. The Morgan fingerprint density at radius 3 is 1.43 bits per heavy atom. The van der Waals surface area contributed by atoms with Gasteiger partial charge in [-0.1, -0.05) is 84.9 Å². The number of Topliss-reactive ketones (excluding diaryl/α,β-unsaturated/α-hetero) is 1. The number of imide groups is 2. The van der Waals surface area contributed by atoms with E-state index in [1.54, 1.807) is 0 Å². The maximum absolute atomic E-state index is 14.2. The van der Waals surface area contributed by atoms with E-state index in [4.69, 9.17) is 0 Å². The topological polar surface area (TPSA) is 74.8 Å². The molecule has 4 aromatic rings. The van der Waals surface area contributed by atoms with Gasteiger partial charge in [-0.15, -0.1) is 0 Å². The molecule has 1 spiro atoms. The van der Waals surface area contributed by atoms with Crippen LogP contribution in [-0.2, 0) is 14.4 Å². The third-order valence-corrected chi connectivity index (χ3v) is 8.21. The van der Waals surface area contributed by atoms with Crippen LogP contribution in [0.25, 0.3) is 21.5 Å². The number of carbonyl (C=O) groups is 4. The molecule has 1 heterocycles. The summed E-state index contributed by atoms with van der Waals surface area (Å²) in [6, 6.07) is 26.7. The number of amides is 4. The van der Waals surface area contributed by atoms with Crippen molar-refractivity contribution in [3.05, 3.63) is 96.1 Å². The average Bonchev–Trinajstić information content (AvgIpc) is 2.93. The first kappa shape index (κ1) is 23.1. The molecule has 6 heteroatoms. The number of carbonyl (C=O) groups excluding carboxylic acids is 4. The average molecular weight is 491 g/mol. The molecule has 184 valence electrons. The minimum atomic E-state index is -1.63. The van der Waals surface area contributed by atoms with Gasteiger partial charge in [-0.3, -0.25) is 24.2 Å². The van der Waals surface area contributed by atoms with Crippen molar-refractivity contribution in [3.63, 3.8) is 0 Å². The summed E-state index contributed by atoms with van der Waals surface area (Å²) < 4.78 is 0. The minimum absolute atomic E-state index is 0.00949. The van der Waals surface area contributed by atoms with Crippen LogP contribution in [0.2, 0.25) is 0 Å². The second-order valence-corrected chi connectivity index (χ2v) is 10.1. The molecule has 0 N–H and O–H groups in total. The normalized spacial score (nSPS) is 21.9. The van der Waals surface area contributed by atoms with E-state index in [1.165, 1.54) is 14.1 Å². The van der Waals surface area contributed by atoms with Crippen molar-refractivity contribution >= 4 is 45.2 Å². The van der Waals surface area contributed by atoms with Crippen LogP contribution in [0, 0.1) is 5.41 Å². The standard InChI is InChI=1S/C31H26N2O4/c1-32-28(35)31(29(36)33(2)30(32)37)26(23-13-11-19-7-3-5-9-21(19)15-23)17-25(34)18-27(31)24-14-12-20-8-4-6-10-22(20)16-24/h3-16,26-27H,17-18H2,1-2H3/t26-,27+. The quantitative estimate of drug-likeness (QED) is 0.359. The van der Waals surface area contributed by atoms with Crippen molar-refractivity contribution in [2.24, 2.45) is 5.41 Å². The van der Waals surface area contributed by atoms with E-state index < -0.39 is 35.1 Å². The maximum atomic E-state index is 14.2. The van der Waals surface area contributed by atoms with Gasteiger partial charge in [-0.25, -0.2) is 4.79 Å². The molecule has 4 amide bonds. The monoisotopic (exact) mass is 490 g/mol. The van der Waals surface area contributed by atoms with Crippen LogP contribution < -0.4 is 0 Å². The fraction of sp³-hybridized carbons (Fsp3) is 0.226.